The summed E-state index contributed by atoms with van der Waals surface area (Å²) in [5.74, 6) is 0. The zero-order chi connectivity index (χ0) is 10.2. The number of hydrogen-bond donors (Lipinski definition) is 2. The fourth-order valence-corrected chi connectivity index (χ4v) is 1.48. The maximum absolute atomic E-state index is 5.46. The molecule has 0 radical (unpaired) electrons. The molecule has 0 amide bonds. The Balaban J connectivity index is 2.42. The molecule has 0 aliphatic rings. The first-order valence-electron chi connectivity index (χ1n) is 5.34. The van der Waals surface area contributed by atoms with Gasteiger partial charge >= 0.3 is 0 Å². The molecule has 0 heterocycles. The highest BCUT2D eigenvalue weighted by molar-refractivity contribution is 5.22. The van der Waals surface area contributed by atoms with Crippen LogP contribution in [0.3, 0.4) is 0 Å². The predicted octanol–water partition coefficient (Wildman–Crippen LogP) is 1.47. The van der Waals surface area contributed by atoms with Crippen molar-refractivity contribution in [2.24, 2.45) is 11.5 Å². The van der Waals surface area contributed by atoms with E-state index < -0.39 is 0 Å². The molecule has 0 unspecified atom stereocenters. The summed E-state index contributed by atoms with van der Waals surface area (Å²) in [6.45, 7) is 1.55. The summed E-state index contributed by atoms with van der Waals surface area (Å²) in [6, 6.07) is 8.78. The number of aryl methyl sites for hydroxylation is 2. The Hall–Kier alpha value is -0.860. The Morgan fingerprint density at radius 3 is 1.36 bits per heavy atom. The minimum Gasteiger partial charge on any atom is -0.330 e. The Morgan fingerprint density at radius 2 is 1.07 bits per heavy atom. The Labute approximate surface area is 86.3 Å². The van der Waals surface area contributed by atoms with Crippen LogP contribution in [-0.4, -0.2) is 13.1 Å². The van der Waals surface area contributed by atoms with Crippen LogP contribution < -0.4 is 11.5 Å². The molecular weight excluding hydrogens is 172 g/mol. The summed E-state index contributed by atoms with van der Waals surface area (Å²) >= 11 is 0. The Kier molecular flexibility index (Phi) is 5.27. The third-order valence-corrected chi connectivity index (χ3v) is 2.36. The van der Waals surface area contributed by atoms with Gasteiger partial charge in [-0.05, 0) is 49.9 Å². The SMILES string of the molecule is NCCCc1ccc(CCCN)cc1. The third-order valence-electron chi connectivity index (χ3n) is 2.36. The van der Waals surface area contributed by atoms with Crippen LogP contribution in [0.15, 0.2) is 24.3 Å². The molecule has 1 aromatic rings. The molecule has 0 spiro atoms. The number of benzene rings is 1. The fourth-order valence-electron chi connectivity index (χ4n) is 1.48. The highest BCUT2D eigenvalue weighted by atomic mass is 14.5. The number of hydrogen-bond acceptors (Lipinski definition) is 2. The molecule has 0 aliphatic heterocycles. The summed E-state index contributed by atoms with van der Waals surface area (Å²) in [7, 11) is 0. The second-order valence-electron chi connectivity index (χ2n) is 3.60. The molecule has 0 aromatic heterocycles. The maximum Gasteiger partial charge on any atom is -0.00741 e. The minimum atomic E-state index is 0.773. The van der Waals surface area contributed by atoms with Gasteiger partial charge in [0.2, 0.25) is 0 Å². The summed E-state index contributed by atoms with van der Waals surface area (Å²) in [5, 5.41) is 0. The topological polar surface area (TPSA) is 52.0 Å². The van der Waals surface area contributed by atoms with E-state index in [-0.39, 0.29) is 0 Å². The van der Waals surface area contributed by atoms with Gasteiger partial charge in [-0.25, -0.2) is 0 Å². The average molecular weight is 192 g/mol. The summed E-state index contributed by atoms with van der Waals surface area (Å²) < 4.78 is 0. The van der Waals surface area contributed by atoms with Crippen molar-refractivity contribution in [3.05, 3.63) is 35.4 Å². The van der Waals surface area contributed by atoms with Gasteiger partial charge in [-0.3, -0.25) is 0 Å². The van der Waals surface area contributed by atoms with Crippen molar-refractivity contribution < 1.29 is 0 Å². The molecule has 0 fully saturated rings. The molecule has 14 heavy (non-hydrogen) atoms. The lowest BCUT2D eigenvalue weighted by molar-refractivity contribution is 0.822. The molecule has 4 N–H and O–H groups in total. The van der Waals surface area contributed by atoms with Crippen LogP contribution in [0.4, 0.5) is 0 Å². The summed E-state index contributed by atoms with van der Waals surface area (Å²) in [6.07, 6.45) is 4.33. The van der Waals surface area contributed by atoms with Gasteiger partial charge in [0.15, 0.2) is 0 Å². The van der Waals surface area contributed by atoms with Crippen molar-refractivity contribution >= 4 is 0 Å². The number of rotatable bonds is 6. The van der Waals surface area contributed by atoms with Crippen LogP contribution in [0.2, 0.25) is 0 Å². The van der Waals surface area contributed by atoms with Crippen LogP contribution in [0.5, 0.6) is 0 Å². The smallest absolute Gasteiger partial charge is 0.00741 e. The van der Waals surface area contributed by atoms with E-state index in [1.807, 2.05) is 0 Å². The van der Waals surface area contributed by atoms with E-state index in [4.69, 9.17) is 11.5 Å². The van der Waals surface area contributed by atoms with E-state index in [2.05, 4.69) is 24.3 Å². The highest BCUT2D eigenvalue weighted by Crippen LogP contribution is 2.07. The summed E-state index contributed by atoms with van der Waals surface area (Å²) in [4.78, 5) is 0. The van der Waals surface area contributed by atoms with Crippen molar-refractivity contribution in [1.82, 2.24) is 0 Å². The zero-order valence-corrected chi connectivity index (χ0v) is 8.71. The van der Waals surface area contributed by atoms with E-state index in [9.17, 15) is 0 Å². The molecule has 78 valence electrons. The molecule has 1 aromatic carbocycles. The van der Waals surface area contributed by atoms with Crippen LogP contribution in [-0.2, 0) is 12.8 Å². The second-order valence-corrected chi connectivity index (χ2v) is 3.60. The van der Waals surface area contributed by atoms with E-state index in [0.29, 0.717) is 0 Å². The minimum absolute atomic E-state index is 0.773. The van der Waals surface area contributed by atoms with E-state index >= 15 is 0 Å². The van der Waals surface area contributed by atoms with Gasteiger partial charge in [0, 0.05) is 0 Å². The lowest BCUT2D eigenvalue weighted by Gasteiger charge is -2.02. The fraction of sp³-hybridized carbons (Fsp3) is 0.500. The number of nitrogens with two attached hydrogens (primary N) is 2. The Bertz CT molecular complexity index is 214. The molecule has 0 saturated heterocycles. The molecule has 0 saturated carbocycles. The van der Waals surface area contributed by atoms with Crippen molar-refractivity contribution in [1.29, 1.82) is 0 Å². The van der Waals surface area contributed by atoms with Gasteiger partial charge < -0.3 is 11.5 Å². The molecule has 2 nitrogen and oxygen atoms in total. The second kappa shape index (κ2) is 6.57. The first-order valence-corrected chi connectivity index (χ1v) is 5.34. The van der Waals surface area contributed by atoms with E-state index in [1.54, 1.807) is 0 Å². The van der Waals surface area contributed by atoms with E-state index in [0.717, 1.165) is 38.8 Å². The normalized spacial score (nSPS) is 10.4. The van der Waals surface area contributed by atoms with Crippen molar-refractivity contribution in [3.63, 3.8) is 0 Å². The first kappa shape index (κ1) is 11.2. The summed E-state index contributed by atoms with van der Waals surface area (Å²) in [5.41, 5.74) is 13.7. The molecular formula is C12H20N2. The highest BCUT2D eigenvalue weighted by Gasteiger charge is 1.94. The Morgan fingerprint density at radius 1 is 0.714 bits per heavy atom. The quantitative estimate of drug-likeness (QED) is 0.717. The molecule has 0 bridgehead atoms. The maximum atomic E-state index is 5.46. The van der Waals surface area contributed by atoms with E-state index in [1.165, 1.54) is 11.1 Å². The largest absolute Gasteiger partial charge is 0.330 e. The standard InChI is InChI=1S/C12H20N2/c13-9-1-3-11-5-7-12(8-6-11)4-2-10-14/h5-8H,1-4,9-10,13-14H2. The lowest BCUT2D eigenvalue weighted by Crippen LogP contribution is -2.01. The van der Waals surface area contributed by atoms with Crippen molar-refractivity contribution in [2.75, 3.05) is 13.1 Å². The van der Waals surface area contributed by atoms with Crippen LogP contribution in [0.1, 0.15) is 24.0 Å². The third kappa shape index (κ3) is 3.90. The molecule has 2 heteroatoms. The molecule has 1 rings (SSSR count). The first-order chi connectivity index (χ1) is 6.86. The van der Waals surface area contributed by atoms with Crippen LogP contribution >= 0.6 is 0 Å². The lowest BCUT2D eigenvalue weighted by atomic mass is 10.0. The van der Waals surface area contributed by atoms with Crippen LogP contribution in [0, 0.1) is 0 Å². The molecule has 0 atom stereocenters. The monoisotopic (exact) mass is 192 g/mol. The zero-order valence-electron chi connectivity index (χ0n) is 8.71. The van der Waals surface area contributed by atoms with Gasteiger partial charge in [0.1, 0.15) is 0 Å². The van der Waals surface area contributed by atoms with Gasteiger partial charge in [0.05, 0.1) is 0 Å². The molecule has 0 aliphatic carbocycles. The van der Waals surface area contributed by atoms with Crippen LogP contribution in [0.25, 0.3) is 0 Å². The van der Waals surface area contributed by atoms with Gasteiger partial charge in [-0.1, -0.05) is 24.3 Å². The van der Waals surface area contributed by atoms with Gasteiger partial charge in [0.25, 0.3) is 0 Å². The van der Waals surface area contributed by atoms with Crippen molar-refractivity contribution in [2.45, 2.75) is 25.7 Å². The predicted molar refractivity (Wildman–Crippen MR) is 61.2 cm³/mol. The van der Waals surface area contributed by atoms with Crippen molar-refractivity contribution in [3.8, 4) is 0 Å². The average Bonchev–Trinajstić information content (AvgIpc) is 2.25. The van der Waals surface area contributed by atoms with Gasteiger partial charge in [-0.2, -0.15) is 0 Å². The van der Waals surface area contributed by atoms with Gasteiger partial charge in [-0.15, -0.1) is 0 Å².